The van der Waals surface area contributed by atoms with Gasteiger partial charge >= 0.3 is 0 Å². The molecule has 0 bridgehead atoms. The van der Waals surface area contributed by atoms with Crippen molar-refractivity contribution in [3.05, 3.63) is 59.1 Å². The molecule has 0 radical (unpaired) electrons. The fraction of sp³-hybridized carbons (Fsp3) is 0.250. The summed E-state index contributed by atoms with van der Waals surface area (Å²) in [7, 11) is -3.18. The maximum Gasteiger partial charge on any atom is 0.178 e. The third-order valence-corrected chi connectivity index (χ3v) is 5.35. The number of sulfone groups is 1. The smallest absolute Gasteiger partial charge is 0.178 e. The molecule has 0 spiro atoms. The zero-order valence-corrected chi connectivity index (χ0v) is 13.7. The average molecular weight is 340 g/mol. The summed E-state index contributed by atoms with van der Waals surface area (Å²) in [6.07, 6.45) is -0.670. The van der Waals surface area contributed by atoms with Gasteiger partial charge in [-0.15, -0.1) is 0 Å². The maximum absolute atomic E-state index is 11.7. The zero-order chi connectivity index (χ0) is 16.2. The average Bonchev–Trinajstić information content (AvgIpc) is 2.53. The summed E-state index contributed by atoms with van der Waals surface area (Å²) < 4.78 is 23.4. The maximum atomic E-state index is 11.7. The second kappa shape index (κ2) is 7.13. The van der Waals surface area contributed by atoms with Gasteiger partial charge in [0, 0.05) is 17.3 Å². The first-order chi connectivity index (χ1) is 10.4. The Morgan fingerprint density at radius 2 is 1.68 bits per heavy atom. The van der Waals surface area contributed by atoms with Crippen LogP contribution in [0.2, 0.25) is 5.02 Å². The highest BCUT2D eigenvalue weighted by molar-refractivity contribution is 7.91. The number of rotatable bonds is 6. The lowest BCUT2D eigenvalue weighted by atomic mass is 10.1. The van der Waals surface area contributed by atoms with E-state index in [-0.39, 0.29) is 5.75 Å². The van der Waals surface area contributed by atoms with Crippen LogP contribution in [0.5, 0.6) is 0 Å². The van der Waals surface area contributed by atoms with E-state index >= 15 is 0 Å². The quantitative estimate of drug-likeness (QED) is 0.847. The minimum Gasteiger partial charge on any atom is -0.387 e. The van der Waals surface area contributed by atoms with Crippen LogP contribution in [-0.4, -0.2) is 25.8 Å². The van der Waals surface area contributed by atoms with E-state index in [0.717, 1.165) is 11.3 Å². The summed E-state index contributed by atoms with van der Waals surface area (Å²) in [6.45, 7) is 1.94. The molecule has 2 aromatic rings. The number of hydrogen-bond acceptors (Lipinski definition) is 4. The Morgan fingerprint density at radius 3 is 2.23 bits per heavy atom. The molecule has 0 fully saturated rings. The largest absolute Gasteiger partial charge is 0.387 e. The van der Waals surface area contributed by atoms with Gasteiger partial charge in [-0.3, -0.25) is 0 Å². The van der Waals surface area contributed by atoms with Crippen LogP contribution in [0.1, 0.15) is 18.6 Å². The Labute approximate surface area is 135 Å². The van der Waals surface area contributed by atoms with Crippen molar-refractivity contribution in [2.24, 2.45) is 0 Å². The zero-order valence-electron chi connectivity index (χ0n) is 12.2. The summed E-state index contributed by atoms with van der Waals surface area (Å²) >= 11 is 5.81. The Bertz CT molecular complexity index is 712. The summed E-state index contributed by atoms with van der Waals surface area (Å²) in [6, 6.07) is 13.5. The molecule has 0 saturated carbocycles. The molecule has 118 valence electrons. The molecular formula is C16H18ClNO3S. The van der Waals surface area contributed by atoms with Gasteiger partial charge in [0.2, 0.25) is 0 Å². The summed E-state index contributed by atoms with van der Waals surface area (Å²) in [5.74, 6) is 0.0784. The number of benzene rings is 2. The van der Waals surface area contributed by atoms with Crippen LogP contribution in [0.15, 0.2) is 53.4 Å². The molecule has 0 aliphatic carbocycles. The van der Waals surface area contributed by atoms with Crippen LogP contribution in [-0.2, 0) is 9.84 Å². The van der Waals surface area contributed by atoms with Gasteiger partial charge in [0.05, 0.1) is 16.8 Å². The number of aliphatic hydroxyl groups is 1. The van der Waals surface area contributed by atoms with Gasteiger partial charge in [0.1, 0.15) is 0 Å². The summed E-state index contributed by atoms with van der Waals surface area (Å²) in [4.78, 5) is 0.304. The minimum atomic E-state index is -3.18. The van der Waals surface area contributed by atoms with Crippen LogP contribution in [0.3, 0.4) is 0 Å². The Kier molecular flexibility index (Phi) is 5.45. The second-order valence-corrected chi connectivity index (χ2v) is 7.59. The van der Waals surface area contributed by atoms with Gasteiger partial charge in [-0.05, 0) is 42.0 Å². The van der Waals surface area contributed by atoms with Crippen LogP contribution >= 0.6 is 11.6 Å². The van der Waals surface area contributed by atoms with E-state index in [1.54, 1.807) is 55.5 Å². The third kappa shape index (κ3) is 4.22. The lowest BCUT2D eigenvalue weighted by Gasteiger charge is -2.13. The Balaban J connectivity index is 1.98. The van der Waals surface area contributed by atoms with Gasteiger partial charge < -0.3 is 10.4 Å². The van der Waals surface area contributed by atoms with E-state index in [1.165, 1.54) is 0 Å². The molecule has 2 aromatic carbocycles. The molecule has 22 heavy (non-hydrogen) atoms. The van der Waals surface area contributed by atoms with Gasteiger partial charge in [0.25, 0.3) is 0 Å². The van der Waals surface area contributed by atoms with Crippen molar-refractivity contribution in [3.63, 3.8) is 0 Å². The van der Waals surface area contributed by atoms with Crippen molar-refractivity contribution in [1.29, 1.82) is 0 Å². The monoisotopic (exact) mass is 339 g/mol. The topological polar surface area (TPSA) is 66.4 Å². The summed E-state index contributed by atoms with van der Waals surface area (Å²) in [5, 5.41) is 13.8. The minimum absolute atomic E-state index is 0.0784. The van der Waals surface area contributed by atoms with Crippen molar-refractivity contribution in [2.75, 3.05) is 17.6 Å². The molecule has 6 heteroatoms. The Morgan fingerprint density at radius 1 is 1.09 bits per heavy atom. The first kappa shape index (κ1) is 16.8. The second-order valence-electron chi connectivity index (χ2n) is 4.88. The fourth-order valence-corrected chi connectivity index (χ4v) is 2.97. The molecule has 0 aliphatic heterocycles. The molecular weight excluding hydrogens is 322 g/mol. The van der Waals surface area contributed by atoms with E-state index in [4.69, 9.17) is 11.6 Å². The Hall–Kier alpha value is -1.56. The molecule has 0 aromatic heterocycles. The van der Waals surface area contributed by atoms with E-state index in [9.17, 15) is 13.5 Å². The molecule has 0 unspecified atom stereocenters. The standard InChI is InChI=1S/C16H18ClNO3S/c1-2-22(20,21)15-9-7-14(8-10-15)18-11-16(19)12-3-5-13(17)6-4-12/h3-10,16,18-19H,2,11H2,1H3/t16-/m1/s1. The van der Waals surface area contributed by atoms with Gasteiger partial charge in [-0.25, -0.2) is 8.42 Å². The van der Waals surface area contributed by atoms with Gasteiger partial charge in [-0.1, -0.05) is 30.7 Å². The number of aliphatic hydroxyl groups excluding tert-OH is 1. The van der Waals surface area contributed by atoms with E-state index in [2.05, 4.69) is 5.32 Å². The predicted octanol–water partition coefficient (Wildman–Crippen LogP) is 3.28. The molecule has 2 rings (SSSR count). The number of halogens is 1. The van der Waals surface area contributed by atoms with Crippen molar-refractivity contribution in [2.45, 2.75) is 17.9 Å². The fourth-order valence-electron chi connectivity index (χ4n) is 1.96. The molecule has 0 aliphatic rings. The van der Waals surface area contributed by atoms with Crippen LogP contribution in [0.25, 0.3) is 0 Å². The van der Waals surface area contributed by atoms with Crippen molar-refractivity contribution >= 4 is 27.1 Å². The predicted molar refractivity (Wildman–Crippen MR) is 89.1 cm³/mol. The van der Waals surface area contributed by atoms with Crippen LogP contribution in [0, 0.1) is 0 Å². The van der Waals surface area contributed by atoms with Gasteiger partial charge in [0.15, 0.2) is 9.84 Å². The van der Waals surface area contributed by atoms with E-state index < -0.39 is 15.9 Å². The highest BCUT2D eigenvalue weighted by Crippen LogP contribution is 2.19. The van der Waals surface area contributed by atoms with E-state index in [1.807, 2.05) is 0 Å². The molecule has 0 amide bonds. The molecule has 0 saturated heterocycles. The molecule has 1 atom stereocenters. The van der Waals surface area contributed by atoms with Crippen LogP contribution < -0.4 is 5.32 Å². The SMILES string of the molecule is CCS(=O)(=O)c1ccc(NC[C@@H](O)c2ccc(Cl)cc2)cc1. The molecule has 2 N–H and O–H groups in total. The molecule has 0 heterocycles. The number of hydrogen-bond donors (Lipinski definition) is 2. The number of anilines is 1. The number of nitrogens with one attached hydrogen (secondary N) is 1. The summed E-state index contributed by atoms with van der Waals surface area (Å²) in [5.41, 5.74) is 1.52. The normalized spacial score (nSPS) is 12.9. The van der Waals surface area contributed by atoms with Crippen molar-refractivity contribution < 1.29 is 13.5 Å². The van der Waals surface area contributed by atoms with E-state index in [0.29, 0.717) is 16.5 Å². The highest BCUT2D eigenvalue weighted by Gasteiger charge is 2.11. The third-order valence-electron chi connectivity index (χ3n) is 3.35. The van der Waals surface area contributed by atoms with Crippen LogP contribution in [0.4, 0.5) is 5.69 Å². The highest BCUT2D eigenvalue weighted by atomic mass is 35.5. The first-order valence-corrected chi connectivity index (χ1v) is 8.95. The molecule has 4 nitrogen and oxygen atoms in total. The lowest BCUT2D eigenvalue weighted by Crippen LogP contribution is -2.12. The van der Waals surface area contributed by atoms with Crippen molar-refractivity contribution in [3.8, 4) is 0 Å². The van der Waals surface area contributed by atoms with Crippen molar-refractivity contribution in [1.82, 2.24) is 0 Å². The lowest BCUT2D eigenvalue weighted by molar-refractivity contribution is 0.191. The van der Waals surface area contributed by atoms with Gasteiger partial charge in [-0.2, -0.15) is 0 Å². The first-order valence-electron chi connectivity index (χ1n) is 6.92.